The zero-order chi connectivity index (χ0) is 15.2. The maximum absolute atomic E-state index is 11.9. The Labute approximate surface area is 125 Å². The van der Waals surface area contributed by atoms with E-state index in [1.165, 1.54) is 17.9 Å². The molecule has 1 atom stereocenters. The van der Waals surface area contributed by atoms with E-state index >= 15 is 0 Å². The van der Waals surface area contributed by atoms with Crippen LogP contribution in [0.25, 0.3) is 0 Å². The van der Waals surface area contributed by atoms with Crippen LogP contribution in [0.2, 0.25) is 5.02 Å². The van der Waals surface area contributed by atoms with E-state index in [1.54, 1.807) is 24.3 Å². The number of benzene rings is 1. The number of rotatable bonds is 5. The second-order valence-electron chi connectivity index (χ2n) is 4.14. The molecule has 1 N–H and O–H groups in total. The average Bonchev–Trinajstić information content (AvgIpc) is 2.91. The fourth-order valence-electron chi connectivity index (χ4n) is 1.48. The Morgan fingerprint density at radius 3 is 2.95 bits per heavy atom. The molecule has 0 radical (unpaired) electrons. The van der Waals surface area contributed by atoms with Crippen molar-refractivity contribution in [3.05, 3.63) is 35.6 Å². The SMILES string of the molecule is C[C@@H](OC(=O)Cn1cnnn1)C(=O)Nc1cccc(Cl)c1. The van der Waals surface area contributed by atoms with Crippen LogP contribution in [-0.2, 0) is 20.9 Å². The molecule has 0 aliphatic carbocycles. The standard InChI is InChI=1S/C12H12ClN5O3/c1-8(21-11(19)6-18-7-14-16-17-18)12(20)15-10-4-2-3-9(13)5-10/h2-5,7-8H,6H2,1H3,(H,15,20)/t8-/m1/s1. The zero-order valence-corrected chi connectivity index (χ0v) is 11.8. The van der Waals surface area contributed by atoms with Crippen molar-refractivity contribution in [3.8, 4) is 0 Å². The summed E-state index contributed by atoms with van der Waals surface area (Å²) in [6, 6.07) is 6.66. The number of anilines is 1. The van der Waals surface area contributed by atoms with Gasteiger partial charge in [0.25, 0.3) is 5.91 Å². The van der Waals surface area contributed by atoms with Gasteiger partial charge in [-0.2, -0.15) is 0 Å². The minimum absolute atomic E-state index is 0.165. The highest BCUT2D eigenvalue weighted by Crippen LogP contribution is 2.15. The van der Waals surface area contributed by atoms with Gasteiger partial charge in [0.2, 0.25) is 0 Å². The van der Waals surface area contributed by atoms with Crippen molar-refractivity contribution in [1.82, 2.24) is 20.2 Å². The zero-order valence-electron chi connectivity index (χ0n) is 11.1. The van der Waals surface area contributed by atoms with Gasteiger partial charge in [0.15, 0.2) is 6.10 Å². The third kappa shape index (κ3) is 4.53. The quantitative estimate of drug-likeness (QED) is 0.824. The van der Waals surface area contributed by atoms with Gasteiger partial charge < -0.3 is 10.1 Å². The van der Waals surface area contributed by atoms with E-state index in [2.05, 4.69) is 20.8 Å². The summed E-state index contributed by atoms with van der Waals surface area (Å²) in [5.41, 5.74) is 0.524. The van der Waals surface area contributed by atoms with Crippen molar-refractivity contribution < 1.29 is 14.3 Å². The maximum Gasteiger partial charge on any atom is 0.328 e. The lowest BCUT2D eigenvalue weighted by Crippen LogP contribution is -2.31. The molecule has 0 aliphatic heterocycles. The average molecular weight is 310 g/mol. The minimum Gasteiger partial charge on any atom is -0.451 e. The van der Waals surface area contributed by atoms with Gasteiger partial charge >= 0.3 is 5.97 Å². The highest BCUT2D eigenvalue weighted by atomic mass is 35.5. The Morgan fingerprint density at radius 1 is 1.48 bits per heavy atom. The van der Waals surface area contributed by atoms with E-state index in [0.29, 0.717) is 10.7 Å². The maximum atomic E-state index is 11.9. The second-order valence-corrected chi connectivity index (χ2v) is 4.58. The molecule has 1 heterocycles. The fraction of sp³-hybridized carbons (Fsp3) is 0.250. The van der Waals surface area contributed by atoms with Crippen LogP contribution >= 0.6 is 11.6 Å². The summed E-state index contributed by atoms with van der Waals surface area (Å²) in [4.78, 5) is 23.5. The highest BCUT2D eigenvalue weighted by molar-refractivity contribution is 6.30. The number of esters is 1. The van der Waals surface area contributed by atoms with Crippen LogP contribution in [0.3, 0.4) is 0 Å². The number of aromatic nitrogens is 4. The predicted octanol–water partition coefficient (Wildman–Crippen LogP) is 0.897. The molecule has 9 heteroatoms. The lowest BCUT2D eigenvalue weighted by Gasteiger charge is -2.13. The van der Waals surface area contributed by atoms with E-state index in [-0.39, 0.29) is 6.54 Å². The number of carbonyl (C=O) groups excluding carboxylic acids is 2. The Kier molecular flexibility index (Phi) is 4.83. The predicted molar refractivity (Wildman–Crippen MR) is 73.5 cm³/mol. The minimum atomic E-state index is -0.951. The normalized spacial score (nSPS) is 11.7. The van der Waals surface area contributed by atoms with Crippen LogP contribution in [-0.4, -0.2) is 38.2 Å². The smallest absolute Gasteiger partial charge is 0.328 e. The molecule has 0 saturated heterocycles. The molecule has 0 bridgehead atoms. The Morgan fingerprint density at radius 2 is 2.29 bits per heavy atom. The molecule has 21 heavy (non-hydrogen) atoms. The molecule has 2 rings (SSSR count). The van der Waals surface area contributed by atoms with E-state index in [0.717, 1.165) is 0 Å². The van der Waals surface area contributed by atoms with Crippen molar-refractivity contribution in [2.24, 2.45) is 0 Å². The lowest BCUT2D eigenvalue weighted by atomic mass is 10.3. The molecule has 0 saturated carbocycles. The summed E-state index contributed by atoms with van der Waals surface area (Å²) in [5.74, 6) is -1.07. The van der Waals surface area contributed by atoms with Gasteiger partial charge in [-0.3, -0.25) is 9.59 Å². The highest BCUT2D eigenvalue weighted by Gasteiger charge is 2.18. The number of tetrazole rings is 1. The number of carbonyl (C=O) groups is 2. The number of nitrogens with zero attached hydrogens (tertiary/aromatic N) is 4. The Balaban J connectivity index is 1.86. The molecular formula is C12H12ClN5O3. The van der Waals surface area contributed by atoms with E-state index < -0.39 is 18.0 Å². The first-order chi connectivity index (χ1) is 10.0. The molecule has 2 aromatic rings. The van der Waals surface area contributed by atoms with Crippen molar-refractivity contribution in [1.29, 1.82) is 0 Å². The molecule has 0 fully saturated rings. The van der Waals surface area contributed by atoms with Crippen molar-refractivity contribution in [2.45, 2.75) is 19.6 Å². The first-order valence-corrected chi connectivity index (χ1v) is 6.39. The number of ether oxygens (including phenoxy) is 1. The number of amides is 1. The number of hydrogen-bond donors (Lipinski definition) is 1. The molecular weight excluding hydrogens is 298 g/mol. The molecule has 110 valence electrons. The summed E-state index contributed by atoms with van der Waals surface area (Å²) in [5, 5.41) is 13.4. The Hall–Kier alpha value is -2.48. The third-order valence-corrected chi connectivity index (χ3v) is 2.69. The lowest BCUT2D eigenvalue weighted by molar-refractivity contribution is -0.153. The molecule has 0 aliphatic rings. The summed E-state index contributed by atoms with van der Waals surface area (Å²) in [6.07, 6.45) is 0.325. The first kappa shape index (κ1) is 14.9. The molecule has 1 aromatic carbocycles. The van der Waals surface area contributed by atoms with Crippen LogP contribution in [0.4, 0.5) is 5.69 Å². The van der Waals surface area contributed by atoms with Gasteiger partial charge in [-0.1, -0.05) is 17.7 Å². The van der Waals surface area contributed by atoms with Crippen LogP contribution in [0.15, 0.2) is 30.6 Å². The third-order valence-electron chi connectivity index (χ3n) is 2.45. The Bertz CT molecular complexity index is 632. The molecule has 0 unspecified atom stereocenters. The fourth-order valence-corrected chi connectivity index (χ4v) is 1.67. The van der Waals surface area contributed by atoms with Crippen LogP contribution < -0.4 is 5.32 Å². The van der Waals surface area contributed by atoms with Crippen molar-refractivity contribution >= 4 is 29.2 Å². The number of nitrogens with one attached hydrogen (secondary N) is 1. The number of halogens is 1. The molecule has 8 nitrogen and oxygen atoms in total. The largest absolute Gasteiger partial charge is 0.451 e. The van der Waals surface area contributed by atoms with Gasteiger partial charge in [-0.15, -0.1) is 5.10 Å². The molecule has 1 amide bonds. The van der Waals surface area contributed by atoms with Gasteiger partial charge in [-0.05, 0) is 35.5 Å². The number of hydrogen-bond acceptors (Lipinski definition) is 6. The van der Waals surface area contributed by atoms with Crippen molar-refractivity contribution in [2.75, 3.05) is 5.32 Å². The van der Waals surface area contributed by atoms with Gasteiger partial charge in [-0.25, -0.2) is 4.68 Å². The summed E-state index contributed by atoms with van der Waals surface area (Å²) < 4.78 is 6.19. The van der Waals surface area contributed by atoms with Crippen LogP contribution in [0.5, 0.6) is 0 Å². The second kappa shape index (κ2) is 6.80. The van der Waals surface area contributed by atoms with E-state index in [9.17, 15) is 9.59 Å². The van der Waals surface area contributed by atoms with Gasteiger partial charge in [0.1, 0.15) is 12.9 Å². The van der Waals surface area contributed by atoms with E-state index in [1.807, 2.05) is 0 Å². The molecule has 1 aromatic heterocycles. The summed E-state index contributed by atoms with van der Waals surface area (Å²) >= 11 is 5.81. The van der Waals surface area contributed by atoms with E-state index in [4.69, 9.17) is 16.3 Å². The monoisotopic (exact) mass is 309 g/mol. The first-order valence-electron chi connectivity index (χ1n) is 6.01. The van der Waals surface area contributed by atoms with Crippen LogP contribution in [0, 0.1) is 0 Å². The summed E-state index contributed by atoms with van der Waals surface area (Å²) in [7, 11) is 0. The van der Waals surface area contributed by atoms with Gasteiger partial charge in [0, 0.05) is 10.7 Å². The molecule has 0 spiro atoms. The summed E-state index contributed by atoms with van der Waals surface area (Å²) in [6.45, 7) is 1.30. The van der Waals surface area contributed by atoms with Crippen molar-refractivity contribution in [3.63, 3.8) is 0 Å². The van der Waals surface area contributed by atoms with Crippen LogP contribution in [0.1, 0.15) is 6.92 Å². The van der Waals surface area contributed by atoms with Gasteiger partial charge in [0.05, 0.1) is 0 Å². The topological polar surface area (TPSA) is 99.0 Å².